The van der Waals surface area contributed by atoms with Gasteiger partial charge in [0, 0.05) is 6.04 Å². The summed E-state index contributed by atoms with van der Waals surface area (Å²) in [5.41, 5.74) is 5.74. The van der Waals surface area contributed by atoms with Crippen LogP contribution in [0.3, 0.4) is 0 Å². The summed E-state index contributed by atoms with van der Waals surface area (Å²) in [6, 6.07) is 4.59. The molecule has 0 heterocycles. The minimum absolute atomic E-state index is 0. The highest BCUT2D eigenvalue weighted by Gasteiger charge is 2.30. The van der Waals surface area contributed by atoms with Gasteiger partial charge in [0.15, 0.2) is 0 Å². The molecule has 1 atom stereocenters. The van der Waals surface area contributed by atoms with Gasteiger partial charge in [-0.1, -0.05) is 18.2 Å². The lowest BCUT2D eigenvalue weighted by Crippen LogP contribution is -2.10. The van der Waals surface area contributed by atoms with Crippen LogP contribution in [0.4, 0.5) is 13.2 Å². The number of nitrogens with two attached hydrogens (primary N) is 1. The van der Waals surface area contributed by atoms with Crippen molar-refractivity contribution >= 4 is 12.4 Å². The van der Waals surface area contributed by atoms with E-state index < -0.39 is 11.7 Å². The zero-order chi connectivity index (χ0) is 11.5. The molecule has 1 nitrogen and oxygen atoms in total. The third-order valence-electron chi connectivity index (χ3n) is 2.09. The normalized spacial score (nSPS) is 12.8. The van der Waals surface area contributed by atoms with E-state index in [2.05, 4.69) is 6.58 Å². The summed E-state index contributed by atoms with van der Waals surface area (Å²) < 4.78 is 36.7. The maximum absolute atomic E-state index is 12.2. The summed E-state index contributed by atoms with van der Waals surface area (Å²) in [5, 5.41) is 0. The molecule has 2 N–H and O–H groups in total. The SMILES string of the molecule is C=CC[C@@H](N)c1ccc(C(F)(F)F)cc1.Cl. The molecule has 0 aliphatic rings. The third kappa shape index (κ3) is 3.87. The highest BCUT2D eigenvalue weighted by Crippen LogP contribution is 2.29. The summed E-state index contributed by atoms with van der Waals surface area (Å²) in [6.45, 7) is 3.52. The highest BCUT2D eigenvalue weighted by molar-refractivity contribution is 5.85. The van der Waals surface area contributed by atoms with Crippen molar-refractivity contribution in [1.29, 1.82) is 0 Å². The second-order valence-corrected chi connectivity index (χ2v) is 3.25. The molecule has 0 spiro atoms. The quantitative estimate of drug-likeness (QED) is 0.815. The molecule has 5 heteroatoms. The maximum atomic E-state index is 12.2. The Balaban J connectivity index is 0.00000225. The highest BCUT2D eigenvalue weighted by atomic mass is 35.5. The first-order valence-electron chi connectivity index (χ1n) is 4.49. The largest absolute Gasteiger partial charge is 0.416 e. The molecule has 0 aliphatic carbocycles. The Bertz CT molecular complexity index is 332. The Morgan fingerprint density at radius 3 is 2.12 bits per heavy atom. The molecule has 1 aromatic rings. The van der Waals surface area contributed by atoms with Crippen LogP contribution >= 0.6 is 12.4 Å². The monoisotopic (exact) mass is 251 g/mol. The minimum Gasteiger partial charge on any atom is -0.324 e. The summed E-state index contributed by atoms with van der Waals surface area (Å²) in [5.74, 6) is 0. The number of halogens is 4. The van der Waals surface area contributed by atoms with Crippen molar-refractivity contribution < 1.29 is 13.2 Å². The Hall–Kier alpha value is -1.00. The van der Waals surface area contributed by atoms with E-state index in [9.17, 15) is 13.2 Å². The molecule has 0 fully saturated rings. The number of benzene rings is 1. The summed E-state index contributed by atoms with van der Waals surface area (Å²) >= 11 is 0. The van der Waals surface area contributed by atoms with Crippen molar-refractivity contribution in [1.82, 2.24) is 0 Å². The van der Waals surface area contributed by atoms with E-state index >= 15 is 0 Å². The van der Waals surface area contributed by atoms with E-state index in [0.717, 1.165) is 12.1 Å². The zero-order valence-corrected chi connectivity index (χ0v) is 9.31. The molecule has 90 valence electrons. The first-order valence-corrected chi connectivity index (χ1v) is 4.49. The van der Waals surface area contributed by atoms with Gasteiger partial charge in [0.05, 0.1) is 5.56 Å². The van der Waals surface area contributed by atoms with Crippen LogP contribution in [0.25, 0.3) is 0 Å². The van der Waals surface area contributed by atoms with Crippen molar-refractivity contribution in [3.05, 3.63) is 48.0 Å². The van der Waals surface area contributed by atoms with Gasteiger partial charge in [0.2, 0.25) is 0 Å². The molecular weight excluding hydrogens is 239 g/mol. The summed E-state index contributed by atoms with van der Waals surface area (Å²) in [6.07, 6.45) is -2.10. The fourth-order valence-electron chi connectivity index (χ4n) is 1.23. The van der Waals surface area contributed by atoms with Crippen LogP contribution in [0.15, 0.2) is 36.9 Å². The van der Waals surface area contributed by atoms with E-state index in [-0.39, 0.29) is 18.4 Å². The predicted octanol–water partition coefficient (Wildman–Crippen LogP) is 3.70. The van der Waals surface area contributed by atoms with E-state index in [4.69, 9.17) is 5.73 Å². The Morgan fingerprint density at radius 2 is 1.75 bits per heavy atom. The summed E-state index contributed by atoms with van der Waals surface area (Å²) in [4.78, 5) is 0. The molecule has 0 bridgehead atoms. The van der Waals surface area contributed by atoms with Gasteiger partial charge in [0.1, 0.15) is 0 Å². The van der Waals surface area contributed by atoms with Gasteiger partial charge in [0.25, 0.3) is 0 Å². The van der Waals surface area contributed by atoms with Gasteiger partial charge >= 0.3 is 6.18 Å². The first kappa shape index (κ1) is 15.0. The molecule has 0 saturated carbocycles. The predicted molar refractivity (Wildman–Crippen MR) is 60.4 cm³/mol. The second kappa shape index (κ2) is 5.92. The molecule has 0 aromatic heterocycles. The van der Waals surface area contributed by atoms with Crippen LogP contribution in [0.2, 0.25) is 0 Å². The smallest absolute Gasteiger partial charge is 0.324 e. The Kier molecular flexibility index (Phi) is 5.55. The van der Waals surface area contributed by atoms with Gasteiger partial charge in [-0.05, 0) is 24.1 Å². The van der Waals surface area contributed by atoms with Crippen LogP contribution < -0.4 is 5.73 Å². The van der Waals surface area contributed by atoms with Crippen molar-refractivity contribution in [2.75, 3.05) is 0 Å². The van der Waals surface area contributed by atoms with Crippen LogP contribution in [0, 0.1) is 0 Å². The van der Waals surface area contributed by atoms with Crippen LogP contribution in [-0.2, 0) is 6.18 Å². The summed E-state index contributed by atoms with van der Waals surface area (Å²) in [7, 11) is 0. The van der Waals surface area contributed by atoms with E-state index in [0.29, 0.717) is 12.0 Å². The molecule has 1 aromatic carbocycles. The van der Waals surface area contributed by atoms with Crippen LogP contribution in [0.1, 0.15) is 23.6 Å². The lowest BCUT2D eigenvalue weighted by Gasteiger charge is -2.11. The fraction of sp³-hybridized carbons (Fsp3) is 0.273. The molecule has 16 heavy (non-hydrogen) atoms. The molecule has 0 aliphatic heterocycles. The van der Waals surface area contributed by atoms with Crippen molar-refractivity contribution in [3.63, 3.8) is 0 Å². The maximum Gasteiger partial charge on any atom is 0.416 e. The topological polar surface area (TPSA) is 26.0 Å². The number of hydrogen-bond donors (Lipinski definition) is 1. The molecule has 0 unspecified atom stereocenters. The Labute approximate surface area is 98.6 Å². The van der Waals surface area contributed by atoms with Crippen LogP contribution in [-0.4, -0.2) is 0 Å². The molecule has 0 radical (unpaired) electrons. The van der Waals surface area contributed by atoms with Gasteiger partial charge in [-0.25, -0.2) is 0 Å². The molecule has 0 saturated heterocycles. The lowest BCUT2D eigenvalue weighted by molar-refractivity contribution is -0.137. The Morgan fingerprint density at radius 1 is 1.25 bits per heavy atom. The fourth-order valence-corrected chi connectivity index (χ4v) is 1.23. The first-order chi connectivity index (χ1) is 6.95. The molecule has 0 amide bonds. The average Bonchev–Trinajstić information content (AvgIpc) is 2.17. The zero-order valence-electron chi connectivity index (χ0n) is 8.50. The van der Waals surface area contributed by atoms with Crippen molar-refractivity contribution in [2.24, 2.45) is 5.73 Å². The number of hydrogen-bond acceptors (Lipinski definition) is 1. The van der Waals surface area contributed by atoms with Gasteiger partial charge in [-0.15, -0.1) is 19.0 Å². The van der Waals surface area contributed by atoms with E-state index in [1.165, 1.54) is 12.1 Å². The average molecular weight is 252 g/mol. The molecule has 1 rings (SSSR count). The van der Waals surface area contributed by atoms with Crippen LogP contribution in [0.5, 0.6) is 0 Å². The van der Waals surface area contributed by atoms with Gasteiger partial charge in [-0.3, -0.25) is 0 Å². The van der Waals surface area contributed by atoms with Crippen molar-refractivity contribution in [3.8, 4) is 0 Å². The minimum atomic E-state index is -4.29. The number of alkyl halides is 3. The van der Waals surface area contributed by atoms with Gasteiger partial charge in [-0.2, -0.15) is 13.2 Å². The second-order valence-electron chi connectivity index (χ2n) is 3.25. The number of rotatable bonds is 3. The lowest BCUT2D eigenvalue weighted by atomic mass is 10.0. The van der Waals surface area contributed by atoms with Crippen molar-refractivity contribution in [2.45, 2.75) is 18.6 Å². The standard InChI is InChI=1S/C11H12F3N.ClH/c1-2-3-10(15)8-4-6-9(7-5-8)11(12,13)14;/h2,4-7,10H,1,3,15H2;1H/t10-;/m1./s1. The third-order valence-corrected chi connectivity index (χ3v) is 2.09. The van der Waals surface area contributed by atoms with E-state index in [1.54, 1.807) is 6.08 Å². The van der Waals surface area contributed by atoms with E-state index in [1.807, 2.05) is 0 Å². The molecular formula is C11H13ClF3N. The van der Waals surface area contributed by atoms with Gasteiger partial charge < -0.3 is 5.73 Å².